The lowest BCUT2D eigenvalue weighted by molar-refractivity contribution is -0.0216. The lowest BCUT2D eigenvalue weighted by atomic mass is 9.89. The summed E-state index contributed by atoms with van der Waals surface area (Å²) in [4.78, 5) is 26.5. The summed E-state index contributed by atoms with van der Waals surface area (Å²) in [5, 5.41) is 0.157. The van der Waals surface area contributed by atoms with Gasteiger partial charge in [-0.1, -0.05) is 18.5 Å². The van der Waals surface area contributed by atoms with Gasteiger partial charge in [-0.25, -0.2) is 4.79 Å². The Morgan fingerprint density at radius 3 is 2.61 bits per heavy atom. The second-order valence-corrected chi connectivity index (χ2v) is 4.83. The number of rotatable bonds is 4. The van der Waals surface area contributed by atoms with Crippen LogP contribution in [0.5, 0.6) is 0 Å². The Morgan fingerprint density at radius 2 is 2.06 bits per heavy atom. The molecule has 0 atom stereocenters. The van der Waals surface area contributed by atoms with Gasteiger partial charge in [0.25, 0.3) is 5.56 Å². The molecule has 5 nitrogen and oxygen atoms in total. The third-order valence-electron chi connectivity index (χ3n) is 3.37. The number of hydrogen-bond donors (Lipinski definition) is 1. The van der Waals surface area contributed by atoms with Gasteiger partial charge in [0.1, 0.15) is 5.15 Å². The minimum atomic E-state index is -0.429. The van der Waals surface area contributed by atoms with Crippen molar-refractivity contribution in [1.29, 1.82) is 0 Å². The van der Waals surface area contributed by atoms with Crippen molar-refractivity contribution in [3.8, 4) is 0 Å². The molecule has 1 aliphatic rings. The van der Waals surface area contributed by atoms with E-state index in [-0.39, 0.29) is 22.9 Å². The van der Waals surface area contributed by atoms with Gasteiger partial charge >= 0.3 is 5.69 Å². The van der Waals surface area contributed by atoms with Gasteiger partial charge < -0.3 is 4.74 Å². The molecule has 1 fully saturated rings. The summed E-state index contributed by atoms with van der Waals surface area (Å²) in [5.74, 6) is 0. The first-order valence-electron chi connectivity index (χ1n) is 6.23. The van der Waals surface area contributed by atoms with E-state index in [9.17, 15) is 9.59 Å². The summed E-state index contributed by atoms with van der Waals surface area (Å²) < 4.78 is 6.71. The van der Waals surface area contributed by atoms with Crippen molar-refractivity contribution >= 4 is 11.6 Å². The predicted molar refractivity (Wildman–Crippen MR) is 69.4 cm³/mol. The molecule has 1 saturated carbocycles. The average Bonchev–Trinajstić information content (AvgIpc) is 2.25. The third kappa shape index (κ3) is 2.24. The monoisotopic (exact) mass is 272 g/mol. The Kier molecular flexibility index (Phi) is 3.92. The van der Waals surface area contributed by atoms with Crippen molar-refractivity contribution in [3.05, 3.63) is 31.6 Å². The van der Waals surface area contributed by atoms with Crippen LogP contribution in [0.15, 0.2) is 9.59 Å². The van der Waals surface area contributed by atoms with Gasteiger partial charge in [0.2, 0.25) is 0 Å². The fourth-order valence-electron chi connectivity index (χ4n) is 2.32. The van der Waals surface area contributed by atoms with Gasteiger partial charge in [0, 0.05) is 12.6 Å². The minimum Gasteiger partial charge on any atom is -0.378 e. The Bertz CT molecular complexity index is 543. The lowest BCUT2D eigenvalue weighted by Gasteiger charge is -2.35. The molecule has 1 heterocycles. The number of nitrogens with one attached hydrogen (secondary N) is 1. The van der Waals surface area contributed by atoms with E-state index in [0.717, 1.165) is 0 Å². The molecule has 1 aromatic heterocycles. The quantitative estimate of drug-likeness (QED) is 0.845. The number of aromatic nitrogens is 2. The number of nitrogens with zero attached hydrogens (tertiary/aromatic N) is 1. The van der Waals surface area contributed by atoms with Crippen LogP contribution in [-0.4, -0.2) is 22.3 Å². The van der Waals surface area contributed by atoms with Crippen molar-refractivity contribution in [2.24, 2.45) is 0 Å². The SMILES string of the molecule is CCOC1CC(n2c(=O)[nH]c(Cl)c(CC)c2=O)C1. The van der Waals surface area contributed by atoms with E-state index >= 15 is 0 Å². The Balaban J connectivity index is 2.30. The van der Waals surface area contributed by atoms with E-state index in [1.807, 2.05) is 13.8 Å². The van der Waals surface area contributed by atoms with Crippen LogP contribution in [0.2, 0.25) is 5.15 Å². The van der Waals surface area contributed by atoms with E-state index in [1.165, 1.54) is 4.57 Å². The fourth-order valence-corrected chi connectivity index (χ4v) is 2.61. The summed E-state index contributed by atoms with van der Waals surface area (Å²) in [6.45, 7) is 4.43. The Morgan fingerprint density at radius 1 is 1.39 bits per heavy atom. The lowest BCUT2D eigenvalue weighted by Crippen LogP contribution is -2.46. The third-order valence-corrected chi connectivity index (χ3v) is 3.69. The maximum atomic E-state index is 12.2. The highest BCUT2D eigenvalue weighted by atomic mass is 35.5. The molecule has 6 heteroatoms. The standard InChI is InChI=1S/C12H17ClN2O3/c1-3-9-10(13)14-12(17)15(11(9)16)7-5-8(6-7)18-4-2/h7-8H,3-6H2,1-2H3,(H,14,17). The molecule has 100 valence electrons. The highest BCUT2D eigenvalue weighted by Gasteiger charge is 2.33. The number of halogens is 1. The van der Waals surface area contributed by atoms with Crippen LogP contribution in [-0.2, 0) is 11.2 Å². The van der Waals surface area contributed by atoms with Crippen LogP contribution >= 0.6 is 11.6 Å². The average molecular weight is 273 g/mol. The smallest absolute Gasteiger partial charge is 0.329 e. The molecule has 0 radical (unpaired) electrons. The van der Waals surface area contributed by atoms with E-state index in [0.29, 0.717) is 31.4 Å². The summed E-state index contributed by atoms with van der Waals surface area (Å²) in [6, 6.07) is -0.0691. The molecular weight excluding hydrogens is 256 g/mol. The maximum absolute atomic E-state index is 12.2. The number of ether oxygens (including phenoxy) is 1. The van der Waals surface area contributed by atoms with Crippen LogP contribution in [0.3, 0.4) is 0 Å². The molecule has 1 N–H and O–H groups in total. The molecule has 0 aromatic carbocycles. The molecule has 0 bridgehead atoms. The second-order valence-electron chi connectivity index (χ2n) is 4.45. The normalized spacial score (nSPS) is 22.8. The van der Waals surface area contributed by atoms with Crippen molar-refractivity contribution in [2.45, 2.75) is 45.3 Å². The fraction of sp³-hybridized carbons (Fsp3) is 0.667. The molecule has 0 saturated heterocycles. The molecule has 0 aliphatic heterocycles. The van der Waals surface area contributed by atoms with Crippen LogP contribution < -0.4 is 11.2 Å². The van der Waals surface area contributed by atoms with Gasteiger partial charge in [-0.05, 0) is 26.2 Å². The van der Waals surface area contributed by atoms with Gasteiger partial charge in [0.15, 0.2) is 0 Å². The molecule has 18 heavy (non-hydrogen) atoms. The van der Waals surface area contributed by atoms with Crippen molar-refractivity contribution in [2.75, 3.05) is 6.61 Å². The van der Waals surface area contributed by atoms with Crippen LogP contribution in [0, 0.1) is 0 Å². The Hall–Kier alpha value is -1.07. The van der Waals surface area contributed by atoms with Crippen molar-refractivity contribution < 1.29 is 4.74 Å². The van der Waals surface area contributed by atoms with Gasteiger partial charge in [0.05, 0.1) is 11.7 Å². The van der Waals surface area contributed by atoms with E-state index in [2.05, 4.69) is 4.98 Å². The Labute approximate surface area is 110 Å². The maximum Gasteiger partial charge on any atom is 0.329 e. The zero-order valence-electron chi connectivity index (χ0n) is 10.5. The van der Waals surface area contributed by atoms with Crippen LogP contribution in [0.25, 0.3) is 0 Å². The zero-order valence-corrected chi connectivity index (χ0v) is 11.3. The summed E-state index contributed by atoms with van der Waals surface area (Å²) >= 11 is 5.86. The molecule has 1 aromatic rings. The molecule has 2 rings (SSSR count). The largest absolute Gasteiger partial charge is 0.378 e. The van der Waals surface area contributed by atoms with Gasteiger partial charge in [-0.15, -0.1) is 0 Å². The van der Waals surface area contributed by atoms with E-state index in [4.69, 9.17) is 16.3 Å². The molecule has 0 spiro atoms. The molecule has 0 amide bonds. The minimum absolute atomic E-state index is 0.0691. The zero-order chi connectivity index (χ0) is 13.3. The highest BCUT2D eigenvalue weighted by molar-refractivity contribution is 6.30. The van der Waals surface area contributed by atoms with Gasteiger partial charge in [-0.3, -0.25) is 14.3 Å². The summed E-state index contributed by atoms with van der Waals surface area (Å²) in [5.41, 5.74) is -0.232. The first kappa shape index (κ1) is 13.4. The topological polar surface area (TPSA) is 64.1 Å². The summed E-state index contributed by atoms with van der Waals surface area (Å²) in [6.07, 6.45) is 2.09. The molecule has 1 aliphatic carbocycles. The number of aromatic amines is 1. The predicted octanol–water partition coefficient (Wildman–Crippen LogP) is 1.49. The molecular formula is C12H17ClN2O3. The van der Waals surface area contributed by atoms with E-state index < -0.39 is 5.69 Å². The second kappa shape index (κ2) is 5.28. The first-order chi connectivity index (χ1) is 8.58. The van der Waals surface area contributed by atoms with Crippen LogP contribution in [0.1, 0.15) is 38.3 Å². The number of H-pyrrole nitrogens is 1. The van der Waals surface area contributed by atoms with Crippen molar-refractivity contribution in [3.63, 3.8) is 0 Å². The van der Waals surface area contributed by atoms with Crippen LogP contribution in [0.4, 0.5) is 0 Å². The van der Waals surface area contributed by atoms with Gasteiger partial charge in [-0.2, -0.15) is 0 Å². The van der Waals surface area contributed by atoms with Crippen molar-refractivity contribution in [1.82, 2.24) is 9.55 Å². The highest BCUT2D eigenvalue weighted by Crippen LogP contribution is 2.32. The molecule has 0 unspecified atom stereocenters. The first-order valence-corrected chi connectivity index (χ1v) is 6.61. The van der Waals surface area contributed by atoms with E-state index in [1.54, 1.807) is 0 Å². The number of hydrogen-bond acceptors (Lipinski definition) is 3. The summed E-state index contributed by atoms with van der Waals surface area (Å²) in [7, 11) is 0.